The highest BCUT2D eigenvalue weighted by atomic mass is 16.5. The molecular weight excluding hydrogens is 376 g/mol. The quantitative estimate of drug-likeness (QED) is 0.631. The molecule has 4 rings (SSSR count). The second kappa shape index (κ2) is 8.03. The SMILES string of the molecule is COc1ccc(C)cc1CN1C(=O)N[C@@](Cc2ccccc2)(c2ccccc2)C1=O. The molecule has 0 spiro atoms. The maximum absolute atomic E-state index is 13.7. The molecule has 30 heavy (non-hydrogen) atoms. The molecule has 3 aromatic rings. The van der Waals surface area contributed by atoms with E-state index in [9.17, 15) is 9.59 Å². The lowest BCUT2D eigenvalue weighted by Gasteiger charge is -2.27. The summed E-state index contributed by atoms with van der Waals surface area (Å²) in [6.07, 6.45) is 0.379. The van der Waals surface area contributed by atoms with Gasteiger partial charge in [-0.2, -0.15) is 0 Å². The number of hydrogen-bond donors (Lipinski definition) is 1. The molecule has 1 aliphatic rings. The highest BCUT2D eigenvalue weighted by Gasteiger charge is 2.52. The van der Waals surface area contributed by atoms with Crippen LogP contribution in [0, 0.1) is 6.92 Å². The lowest BCUT2D eigenvalue weighted by atomic mass is 9.83. The zero-order chi connectivity index (χ0) is 21.1. The third-order valence-electron chi connectivity index (χ3n) is 5.52. The number of aryl methyl sites for hydroxylation is 1. The van der Waals surface area contributed by atoms with Crippen LogP contribution in [0.25, 0.3) is 0 Å². The van der Waals surface area contributed by atoms with E-state index in [1.165, 1.54) is 4.90 Å². The number of urea groups is 1. The number of benzene rings is 3. The standard InChI is InChI=1S/C25H24N2O3/c1-18-13-14-22(30-2)20(15-18)17-27-23(28)25(26-24(27)29,21-11-7-4-8-12-21)16-19-9-5-3-6-10-19/h3-15H,16-17H2,1-2H3,(H,26,29)/t25-/m0/s1. The van der Waals surface area contributed by atoms with Gasteiger partial charge in [0.1, 0.15) is 5.75 Å². The number of imide groups is 1. The average molecular weight is 400 g/mol. The number of nitrogens with one attached hydrogen (secondary N) is 1. The predicted molar refractivity (Wildman–Crippen MR) is 115 cm³/mol. The Bertz CT molecular complexity index is 1070. The van der Waals surface area contributed by atoms with E-state index in [4.69, 9.17) is 4.74 Å². The van der Waals surface area contributed by atoms with Gasteiger partial charge in [0, 0.05) is 12.0 Å². The number of hydrogen-bond acceptors (Lipinski definition) is 3. The van der Waals surface area contributed by atoms with Gasteiger partial charge in [-0.15, -0.1) is 0 Å². The Hall–Kier alpha value is -3.60. The third-order valence-corrected chi connectivity index (χ3v) is 5.52. The summed E-state index contributed by atoms with van der Waals surface area (Å²) in [4.78, 5) is 28.0. The van der Waals surface area contributed by atoms with Gasteiger partial charge in [-0.05, 0) is 24.1 Å². The van der Waals surface area contributed by atoms with Crippen molar-refractivity contribution in [1.82, 2.24) is 10.2 Å². The maximum atomic E-state index is 13.7. The van der Waals surface area contributed by atoms with E-state index in [0.717, 1.165) is 22.3 Å². The molecule has 152 valence electrons. The first-order valence-electron chi connectivity index (χ1n) is 9.90. The molecule has 0 bridgehead atoms. The molecular formula is C25H24N2O3. The molecule has 5 heteroatoms. The van der Waals surface area contributed by atoms with Gasteiger partial charge in [-0.25, -0.2) is 4.79 Å². The van der Waals surface area contributed by atoms with Crippen LogP contribution in [0.2, 0.25) is 0 Å². The molecule has 0 aromatic heterocycles. The molecule has 0 unspecified atom stereocenters. The molecule has 0 radical (unpaired) electrons. The van der Waals surface area contributed by atoms with Crippen molar-refractivity contribution >= 4 is 11.9 Å². The van der Waals surface area contributed by atoms with Crippen LogP contribution in [-0.4, -0.2) is 23.9 Å². The average Bonchev–Trinajstić information content (AvgIpc) is 3.00. The molecule has 1 heterocycles. The molecule has 0 saturated carbocycles. The number of ether oxygens (including phenoxy) is 1. The van der Waals surface area contributed by atoms with Crippen molar-refractivity contribution in [3.05, 3.63) is 101 Å². The summed E-state index contributed by atoms with van der Waals surface area (Å²) >= 11 is 0. The second-order valence-electron chi connectivity index (χ2n) is 7.57. The first-order chi connectivity index (χ1) is 14.5. The van der Waals surface area contributed by atoms with Crippen LogP contribution in [0.15, 0.2) is 78.9 Å². The minimum absolute atomic E-state index is 0.152. The molecule has 0 aliphatic carbocycles. The maximum Gasteiger partial charge on any atom is 0.325 e. The Balaban J connectivity index is 1.73. The number of amides is 3. The largest absolute Gasteiger partial charge is 0.496 e. The Labute approximate surface area is 176 Å². The zero-order valence-corrected chi connectivity index (χ0v) is 17.1. The van der Waals surface area contributed by atoms with Crippen LogP contribution in [0.3, 0.4) is 0 Å². The summed E-state index contributed by atoms with van der Waals surface area (Å²) in [5, 5.41) is 3.00. The van der Waals surface area contributed by atoms with Crippen LogP contribution >= 0.6 is 0 Å². The Kier molecular flexibility index (Phi) is 5.27. The van der Waals surface area contributed by atoms with E-state index >= 15 is 0 Å². The van der Waals surface area contributed by atoms with Crippen LogP contribution in [0.1, 0.15) is 22.3 Å². The van der Waals surface area contributed by atoms with Crippen LogP contribution in [0.5, 0.6) is 5.75 Å². The number of nitrogens with zero attached hydrogens (tertiary/aromatic N) is 1. The number of rotatable bonds is 6. The topological polar surface area (TPSA) is 58.6 Å². The van der Waals surface area contributed by atoms with Crippen molar-refractivity contribution in [2.24, 2.45) is 0 Å². The van der Waals surface area contributed by atoms with E-state index in [0.29, 0.717) is 12.2 Å². The van der Waals surface area contributed by atoms with Crippen LogP contribution < -0.4 is 10.1 Å². The highest BCUT2D eigenvalue weighted by Crippen LogP contribution is 2.34. The molecule has 1 aliphatic heterocycles. The molecule has 1 saturated heterocycles. The van der Waals surface area contributed by atoms with Crippen molar-refractivity contribution in [3.63, 3.8) is 0 Å². The summed E-state index contributed by atoms with van der Waals surface area (Å²) in [6.45, 7) is 2.12. The minimum atomic E-state index is -1.14. The fourth-order valence-corrected chi connectivity index (χ4v) is 4.01. The monoisotopic (exact) mass is 400 g/mol. The lowest BCUT2D eigenvalue weighted by molar-refractivity contribution is -0.132. The van der Waals surface area contributed by atoms with Gasteiger partial charge in [0.2, 0.25) is 0 Å². The molecule has 3 amide bonds. The van der Waals surface area contributed by atoms with Gasteiger partial charge in [-0.3, -0.25) is 9.69 Å². The summed E-state index contributed by atoms with van der Waals surface area (Å²) in [6, 6.07) is 24.5. The van der Waals surface area contributed by atoms with Crippen molar-refractivity contribution in [2.45, 2.75) is 25.4 Å². The molecule has 1 N–H and O–H groups in total. The van der Waals surface area contributed by atoms with E-state index in [2.05, 4.69) is 5.32 Å². The second-order valence-corrected chi connectivity index (χ2v) is 7.57. The Morgan fingerprint density at radius 3 is 2.27 bits per heavy atom. The van der Waals surface area contributed by atoms with E-state index in [1.807, 2.05) is 85.8 Å². The normalized spacial score (nSPS) is 18.4. The van der Waals surface area contributed by atoms with Gasteiger partial charge in [0.15, 0.2) is 5.54 Å². The summed E-state index contributed by atoms with van der Waals surface area (Å²) in [5.74, 6) is 0.396. The van der Waals surface area contributed by atoms with Gasteiger partial charge in [0.25, 0.3) is 5.91 Å². The van der Waals surface area contributed by atoms with Crippen molar-refractivity contribution in [1.29, 1.82) is 0 Å². The fourth-order valence-electron chi connectivity index (χ4n) is 4.01. The lowest BCUT2D eigenvalue weighted by Crippen LogP contribution is -2.46. The number of carbonyl (C=O) groups is 2. The summed E-state index contributed by atoms with van der Waals surface area (Å²) in [7, 11) is 1.59. The minimum Gasteiger partial charge on any atom is -0.496 e. The zero-order valence-electron chi connectivity index (χ0n) is 17.1. The molecule has 3 aromatic carbocycles. The van der Waals surface area contributed by atoms with Crippen molar-refractivity contribution in [2.75, 3.05) is 7.11 Å². The Morgan fingerprint density at radius 2 is 1.60 bits per heavy atom. The fraction of sp³-hybridized carbons (Fsp3) is 0.200. The first-order valence-corrected chi connectivity index (χ1v) is 9.90. The summed E-state index contributed by atoms with van der Waals surface area (Å²) in [5.41, 5.74) is 2.44. The number of methoxy groups -OCH3 is 1. The predicted octanol–water partition coefficient (Wildman–Crippen LogP) is 4.19. The van der Waals surface area contributed by atoms with Gasteiger partial charge >= 0.3 is 6.03 Å². The highest BCUT2D eigenvalue weighted by molar-refractivity contribution is 6.07. The molecule has 5 nitrogen and oxygen atoms in total. The Morgan fingerprint density at radius 1 is 0.933 bits per heavy atom. The van der Waals surface area contributed by atoms with Crippen LogP contribution in [0.4, 0.5) is 4.79 Å². The van der Waals surface area contributed by atoms with Crippen molar-refractivity contribution in [3.8, 4) is 5.75 Å². The van der Waals surface area contributed by atoms with Gasteiger partial charge < -0.3 is 10.1 Å². The summed E-state index contributed by atoms with van der Waals surface area (Å²) < 4.78 is 5.44. The van der Waals surface area contributed by atoms with Crippen LogP contribution in [-0.2, 0) is 23.3 Å². The van der Waals surface area contributed by atoms with Gasteiger partial charge in [0.05, 0.1) is 13.7 Å². The third kappa shape index (κ3) is 3.54. The van der Waals surface area contributed by atoms with E-state index < -0.39 is 11.6 Å². The first kappa shape index (κ1) is 19.7. The smallest absolute Gasteiger partial charge is 0.325 e. The van der Waals surface area contributed by atoms with Gasteiger partial charge in [-0.1, -0.05) is 78.4 Å². The number of carbonyl (C=O) groups excluding carboxylic acids is 2. The van der Waals surface area contributed by atoms with E-state index in [1.54, 1.807) is 7.11 Å². The molecule has 1 fully saturated rings. The van der Waals surface area contributed by atoms with E-state index in [-0.39, 0.29) is 12.5 Å². The van der Waals surface area contributed by atoms with Crippen molar-refractivity contribution < 1.29 is 14.3 Å². The molecule has 1 atom stereocenters.